The van der Waals surface area contributed by atoms with Crippen molar-refractivity contribution in [2.24, 2.45) is 7.05 Å². The Morgan fingerprint density at radius 2 is 2.33 bits per heavy atom. The molecule has 7 heteroatoms. The molecule has 0 radical (unpaired) electrons. The minimum atomic E-state index is -0.438. The van der Waals surface area contributed by atoms with Gasteiger partial charge in [-0.05, 0) is 6.07 Å². The van der Waals surface area contributed by atoms with Gasteiger partial charge in [-0.3, -0.25) is 14.8 Å². The molecule has 18 heavy (non-hydrogen) atoms. The molecule has 1 N–H and O–H groups in total. The highest BCUT2D eigenvalue weighted by Gasteiger charge is 2.16. The van der Waals surface area contributed by atoms with Crippen LogP contribution in [0.2, 0.25) is 5.02 Å². The number of aryl methyl sites for hydroxylation is 1. The zero-order valence-corrected chi connectivity index (χ0v) is 10.4. The Labute approximate surface area is 108 Å². The summed E-state index contributed by atoms with van der Waals surface area (Å²) in [6.45, 7) is 0.279. The van der Waals surface area contributed by atoms with Crippen LogP contribution in [0.15, 0.2) is 30.6 Å². The van der Waals surface area contributed by atoms with E-state index in [1.54, 1.807) is 36.3 Å². The van der Waals surface area contributed by atoms with Crippen LogP contribution in [-0.2, 0) is 13.6 Å². The van der Waals surface area contributed by atoms with E-state index < -0.39 is 4.92 Å². The van der Waals surface area contributed by atoms with E-state index in [2.05, 4.69) is 10.4 Å². The normalized spacial score (nSPS) is 10.3. The van der Waals surface area contributed by atoms with E-state index in [4.69, 9.17) is 11.6 Å². The number of aromatic nitrogens is 2. The lowest BCUT2D eigenvalue weighted by atomic mass is 10.2. The molecule has 1 heterocycles. The number of nitro benzene ring substituents is 1. The molecule has 6 nitrogen and oxygen atoms in total. The second-order valence-corrected chi connectivity index (χ2v) is 4.16. The first-order valence-electron chi connectivity index (χ1n) is 5.22. The number of hydrogen-bond donors (Lipinski definition) is 1. The molecule has 0 aliphatic rings. The van der Waals surface area contributed by atoms with Crippen molar-refractivity contribution in [2.45, 2.75) is 6.54 Å². The van der Waals surface area contributed by atoms with Gasteiger partial charge < -0.3 is 5.32 Å². The lowest BCUT2D eigenvalue weighted by Crippen LogP contribution is -2.03. The van der Waals surface area contributed by atoms with Crippen LogP contribution in [0.4, 0.5) is 11.4 Å². The van der Waals surface area contributed by atoms with E-state index in [1.165, 1.54) is 6.07 Å². The fourth-order valence-electron chi connectivity index (χ4n) is 1.60. The van der Waals surface area contributed by atoms with Crippen LogP contribution in [0.1, 0.15) is 5.56 Å². The molecule has 2 aromatic rings. The monoisotopic (exact) mass is 266 g/mol. The first-order chi connectivity index (χ1) is 8.58. The highest BCUT2D eigenvalue weighted by molar-refractivity contribution is 6.31. The van der Waals surface area contributed by atoms with Crippen molar-refractivity contribution in [2.75, 3.05) is 5.32 Å². The molecule has 0 spiro atoms. The minimum Gasteiger partial charge on any atom is -0.378 e. The number of benzene rings is 1. The van der Waals surface area contributed by atoms with E-state index in [0.717, 1.165) is 5.69 Å². The van der Waals surface area contributed by atoms with Gasteiger partial charge in [-0.2, -0.15) is 5.10 Å². The summed E-state index contributed by atoms with van der Waals surface area (Å²) in [5.74, 6) is 0. The maximum atomic E-state index is 10.9. The summed E-state index contributed by atoms with van der Waals surface area (Å²) in [7, 11) is 1.79. The van der Waals surface area contributed by atoms with Crippen LogP contribution in [0.5, 0.6) is 0 Å². The van der Waals surface area contributed by atoms with Gasteiger partial charge in [0.2, 0.25) is 0 Å². The van der Waals surface area contributed by atoms with Gasteiger partial charge in [0.05, 0.1) is 27.4 Å². The van der Waals surface area contributed by atoms with Crippen LogP contribution in [0.3, 0.4) is 0 Å². The van der Waals surface area contributed by atoms with Crippen molar-refractivity contribution in [1.29, 1.82) is 0 Å². The summed E-state index contributed by atoms with van der Waals surface area (Å²) in [5, 5.41) is 18.3. The summed E-state index contributed by atoms with van der Waals surface area (Å²) in [4.78, 5) is 10.5. The second-order valence-electron chi connectivity index (χ2n) is 3.75. The lowest BCUT2D eigenvalue weighted by Gasteiger charge is -2.06. The molecule has 0 aliphatic carbocycles. The van der Waals surface area contributed by atoms with Gasteiger partial charge in [0.1, 0.15) is 0 Å². The van der Waals surface area contributed by atoms with Crippen LogP contribution >= 0.6 is 11.6 Å². The molecule has 0 saturated carbocycles. The minimum absolute atomic E-state index is 0.0129. The molecule has 1 aromatic carbocycles. The van der Waals surface area contributed by atoms with Gasteiger partial charge in [0.25, 0.3) is 5.69 Å². The topological polar surface area (TPSA) is 73.0 Å². The van der Waals surface area contributed by atoms with Crippen molar-refractivity contribution in [3.63, 3.8) is 0 Å². The lowest BCUT2D eigenvalue weighted by molar-refractivity contribution is -0.385. The van der Waals surface area contributed by atoms with Gasteiger partial charge in [0.15, 0.2) is 0 Å². The van der Waals surface area contributed by atoms with Gasteiger partial charge in [-0.1, -0.05) is 17.7 Å². The molecule has 1 aromatic heterocycles. The van der Waals surface area contributed by atoms with Crippen LogP contribution in [0.25, 0.3) is 0 Å². The fraction of sp³-hybridized carbons (Fsp3) is 0.182. The summed E-state index contributed by atoms with van der Waals surface area (Å²) >= 11 is 5.98. The van der Waals surface area contributed by atoms with E-state index in [9.17, 15) is 10.1 Å². The first kappa shape index (κ1) is 12.4. The molecule has 0 fully saturated rings. The van der Waals surface area contributed by atoms with Gasteiger partial charge in [-0.15, -0.1) is 0 Å². The van der Waals surface area contributed by atoms with Crippen LogP contribution < -0.4 is 5.32 Å². The number of nitrogens with one attached hydrogen (secondary N) is 1. The van der Waals surface area contributed by atoms with Crippen molar-refractivity contribution >= 4 is 23.0 Å². The third kappa shape index (κ3) is 2.60. The number of rotatable bonds is 4. The SMILES string of the molecule is Cn1cc(NCc2c(Cl)cccc2[N+](=O)[O-])cn1. The van der Waals surface area contributed by atoms with Gasteiger partial charge in [-0.25, -0.2) is 0 Å². The zero-order chi connectivity index (χ0) is 13.1. The number of halogens is 1. The number of nitrogens with zero attached hydrogens (tertiary/aromatic N) is 3. The zero-order valence-electron chi connectivity index (χ0n) is 9.63. The van der Waals surface area contributed by atoms with Crippen molar-refractivity contribution in [3.8, 4) is 0 Å². The Morgan fingerprint density at radius 1 is 1.56 bits per heavy atom. The molecule has 94 valence electrons. The molecule has 0 saturated heterocycles. The summed E-state index contributed by atoms with van der Waals surface area (Å²) in [6.07, 6.45) is 3.42. The van der Waals surface area contributed by atoms with Crippen molar-refractivity contribution in [1.82, 2.24) is 9.78 Å². The maximum Gasteiger partial charge on any atom is 0.275 e. The molecule has 0 amide bonds. The van der Waals surface area contributed by atoms with Crippen molar-refractivity contribution in [3.05, 3.63) is 51.3 Å². The summed E-state index contributed by atoms with van der Waals surface area (Å²) in [5.41, 5.74) is 1.26. The highest BCUT2D eigenvalue weighted by Crippen LogP contribution is 2.26. The standard InChI is InChI=1S/C11H11ClN4O2/c1-15-7-8(5-14-15)13-6-9-10(12)3-2-4-11(9)16(17)18/h2-5,7,13H,6H2,1H3. The van der Waals surface area contributed by atoms with Gasteiger partial charge >= 0.3 is 0 Å². The molecule has 0 aliphatic heterocycles. The summed E-state index contributed by atoms with van der Waals surface area (Å²) in [6, 6.07) is 4.63. The summed E-state index contributed by atoms with van der Waals surface area (Å²) < 4.78 is 1.64. The Morgan fingerprint density at radius 3 is 2.94 bits per heavy atom. The van der Waals surface area contributed by atoms with Crippen LogP contribution in [-0.4, -0.2) is 14.7 Å². The molecule has 2 rings (SSSR count). The largest absolute Gasteiger partial charge is 0.378 e. The molecular weight excluding hydrogens is 256 g/mol. The van der Waals surface area contributed by atoms with Crippen LogP contribution in [0, 0.1) is 10.1 Å². The Hall–Kier alpha value is -2.08. The Kier molecular flexibility index (Phi) is 3.47. The predicted molar refractivity (Wildman–Crippen MR) is 68.6 cm³/mol. The molecule has 0 atom stereocenters. The van der Waals surface area contributed by atoms with E-state index in [1.807, 2.05) is 0 Å². The average molecular weight is 267 g/mol. The number of anilines is 1. The average Bonchev–Trinajstić information content (AvgIpc) is 2.73. The Balaban J connectivity index is 2.20. The Bertz CT molecular complexity index is 582. The second kappa shape index (κ2) is 5.05. The first-order valence-corrected chi connectivity index (χ1v) is 5.60. The van der Waals surface area contributed by atoms with E-state index >= 15 is 0 Å². The van der Waals surface area contributed by atoms with E-state index in [0.29, 0.717) is 10.6 Å². The quantitative estimate of drug-likeness (QED) is 0.682. The number of hydrogen-bond acceptors (Lipinski definition) is 4. The smallest absolute Gasteiger partial charge is 0.275 e. The molecule has 0 unspecified atom stereocenters. The van der Waals surface area contributed by atoms with Gasteiger partial charge in [0, 0.05) is 25.9 Å². The third-order valence-electron chi connectivity index (χ3n) is 2.46. The van der Waals surface area contributed by atoms with Crippen molar-refractivity contribution < 1.29 is 4.92 Å². The number of nitro groups is 1. The fourth-order valence-corrected chi connectivity index (χ4v) is 1.83. The highest BCUT2D eigenvalue weighted by atomic mass is 35.5. The van der Waals surface area contributed by atoms with E-state index in [-0.39, 0.29) is 12.2 Å². The predicted octanol–water partition coefficient (Wildman–Crippen LogP) is 2.59. The maximum absolute atomic E-state index is 10.9. The third-order valence-corrected chi connectivity index (χ3v) is 2.82. The molecular formula is C11H11ClN4O2. The molecule has 0 bridgehead atoms.